The largest absolute Gasteiger partial charge is 0.440 e. The van der Waals surface area contributed by atoms with E-state index in [2.05, 4.69) is 39.7 Å². The van der Waals surface area contributed by atoms with E-state index in [9.17, 15) is 9.59 Å². The molecular formula is C35H38N8O3. The average Bonchev–Trinajstić information content (AvgIpc) is 3.62. The van der Waals surface area contributed by atoms with E-state index in [1.165, 1.54) is 4.90 Å². The van der Waals surface area contributed by atoms with E-state index in [4.69, 9.17) is 20.9 Å². The van der Waals surface area contributed by atoms with E-state index in [1.807, 2.05) is 24.3 Å². The number of nitrogens with zero attached hydrogens (tertiary/aromatic N) is 5. The first-order valence-corrected chi connectivity index (χ1v) is 16.1. The van der Waals surface area contributed by atoms with Gasteiger partial charge in [0.05, 0.1) is 11.7 Å². The van der Waals surface area contributed by atoms with Gasteiger partial charge in [-0.25, -0.2) is 9.88 Å². The summed E-state index contributed by atoms with van der Waals surface area (Å²) in [4.78, 5) is 33.9. The Bertz CT molecular complexity index is 1840. The number of fused-ring (bicyclic) bond motifs is 1. The second-order valence-electron chi connectivity index (χ2n) is 12.7. The van der Waals surface area contributed by atoms with Gasteiger partial charge in [0, 0.05) is 17.4 Å². The highest BCUT2D eigenvalue weighted by molar-refractivity contribution is 6.17. The molecule has 0 radical (unpaired) electrons. The van der Waals surface area contributed by atoms with Crippen LogP contribution < -0.4 is 16.4 Å². The van der Waals surface area contributed by atoms with Crippen LogP contribution in [0.15, 0.2) is 65.1 Å². The fourth-order valence-corrected chi connectivity index (χ4v) is 6.47. The van der Waals surface area contributed by atoms with Crippen molar-refractivity contribution in [2.24, 2.45) is 23.3 Å². The van der Waals surface area contributed by atoms with Crippen LogP contribution >= 0.6 is 0 Å². The minimum Gasteiger partial charge on any atom is -0.440 e. The van der Waals surface area contributed by atoms with Crippen LogP contribution in [0.3, 0.4) is 0 Å². The number of H-pyrrole nitrogens is 1. The summed E-state index contributed by atoms with van der Waals surface area (Å²) in [6, 6.07) is 18.3. The van der Waals surface area contributed by atoms with Crippen molar-refractivity contribution in [2.45, 2.75) is 63.8 Å². The van der Waals surface area contributed by atoms with E-state index in [0.717, 1.165) is 64.9 Å². The number of tetrazole rings is 1. The number of nitrogens with two attached hydrogens (primary N) is 2. The Hall–Kier alpha value is -4.74. The predicted octanol–water partition coefficient (Wildman–Crippen LogP) is 5.06. The van der Waals surface area contributed by atoms with Crippen LogP contribution in [-0.2, 0) is 16.0 Å². The summed E-state index contributed by atoms with van der Waals surface area (Å²) in [6.45, 7) is 2.68. The van der Waals surface area contributed by atoms with Gasteiger partial charge >= 0.3 is 0 Å². The van der Waals surface area contributed by atoms with Gasteiger partial charge in [-0.05, 0) is 128 Å². The molecule has 0 spiro atoms. The standard InChI is InChI=1S/C35H38N8O3/c1-20-16-31-30(38-33(46-31)25-10-11-25)18-28(20)23-6-2-21(3-7-23)17-29(37)35(45)43(34(44)26-8-4-22(19-36)5-9-26)27-14-12-24(13-15-27)32-39-41-42-40-32/h2-3,6-7,12-16,18,22,25-26,29H,4-5,8-11,17,19,36-37H2,1H3,(H,39,40,41,42)/t22?,26?,29-/m0/s1. The third-order valence-electron chi connectivity index (χ3n) is 9.41. The Morgan fingerprint density at radius 1 is 0.978 bits per heavy atom. The smallest absolute Gasteiger partial charge is 0.251 e. The molecule has 0 unspecified atom stereocenters. The van der Waals surface area contributed by atoms with Crippen molar-refractivity contribution < 1.29 is 14.0 Å². The highest BCUT2D eigenvalue weighted by atomic mass is 16.3. The maximum Gasteiger partial charge on any atom is 0.251 e. The van der Waals surface area contributed by atoms with Crippen molar-refractivity contribution in [2.75, 3.05) is 11.4 Å². The second-order valence-corrected chi connectivity index (χ2v) is 12.7. The zero-order valence-electron chi connectivity index (χ0n) is 25.9. The van der Waals surface area contributed by atoms with Gasteiger partial charge in [0.25, 0.3) is 5.91 Å². The van der Waals surface area contributed by atoms with Gasteiger partial charge < -0.3 is 15.9 Å². The lowest BCUT2D eigenvalue weighted by atomic mass is 9.81. The number of carbonyl (C=O) groups is 2. The van der Waals surface area contributed by atoms with Crippen LogP contribution in [0, 0.1) is 18.8 Å². The van der Waals surface area contributed by atoms with Crippen LogP contribution in [-0.4, -0.2) is 50.0 Å². The molecule has 5 N–H and O–H groups in total. The Morgan fingerprint density at radius 3 is 2.35 bits per heavy atom. The monoisotopic (exact) mass is 618 g/mol. The number of anilines is 1. The molecule has 11 nitrogen and oxygen atoms in total. The number of aromatic nitrogens is 5. The number of rotatable bonds is 9. The minimum absolute atomic E-state index is 0.220. The molecule has 2 fully saturated rings. The van der Waals surface area contributed by atoms with Gasteiger partial charge in [0.2, 0.25) is 11.7 Å². The summed E-state index contributed by atoms with van der Waals surface area (Å²) in [5.74, 6) is 1.21. The van der Waals surface area contributed by atoms with E-state index >= 15 is 0 Å². The van der Waals surface area contributed by atoms with Gasteiger partial charge in [0.15, 0.2) is 11.5 Å². The zero-order chi connectivity index (χ0) is 31.8. The van der Waals surface area contributed by atoms with E-state index in [1.54, 1.807) is 24.3 Å². The van der Waals surface area contributed by atoms with Gasteiger partial charge in [-0.15, -0.1) is 10.2 Å². The molecule has 2 amide bonds. The lowest BCUT2D eigenvalue weighted by Crippen LogP contribution is -2.50. The molecule has 46 heavy (non-hydrogen) atoms. The lowest BCUT2D eigenvalue weighted by Gasteiger charge is -2.32. The SMILES string of the molecule is Cc1cc2oc(C3CC3)nc2cc1-c1ccc(C[C@H](N)C(=O)N(C(=O)C2CCC(CN)CC2)c2ccc(-c3nn[nH]n3)cc2)cc1. The summed E-state index contributed by atoms with van der Waals surface area (Å²) < 4.78 is 5.99. The molecule has 11 heteroatoms. The third-order valence-corrected chi connectivity index (χ3v) is 9.41. The molecule has 2 heterocycles. The number of amides is 2. The molecule has 2 aliphatic rings. The van der Waals surface area contributed by atoms with Crippen molar-refractivity contribution >= 4 is 28.6 Å². The van der Waals surface area contributed by atoms with Crippen molar-refractivity contribution in [1.29, 1.82) is 0 Å². The second kappa shape index (κ2) is 12.6. The van der Waals surface area contributed by atoms with Crippen LogP contribution in [0.5, 0.6) is 0 Å². The molecule has 236 valence electrons. The molecule has 2 aliphatic carbocycles. The summed E-state index contributed by atoms with van der Waals surface area (Å²) >= 11 is 0. The van der Waals surface area contributed by atoms with Crippen molar-refractivity contribution in [3.8, 4) is 22.5 Å². The molecule has 1 atom stereocenters. The Morgan fingerprint density at radius 2 is 1.70 bits per heavy atom. The van der Waals surface area contributed by atoms with Crippen molar-refractivity contribution in [1.82, 2.24) is 25.6 Å². The molecule has 2 aromatic heterocycles. The van der Waals surface area contributed by atoms with Crippen molar-refractivity contribution in [3.63, 3.8) is 0 Å². The summed E-state index contributed by atoms with van der Waals surface area (Å²) in [5.41, 5.74) is 19.5. The number of aromatic amines is 1. The summed E-state index contributed by atoms with van der Waals surface area (Å²) in [7, 11) is 0. The van der Waals surface area contributed by atoms with Gasteiger partial charge in [0.1, 0.15) is 5.52 Å². The van der Waals surface area contributed by atoms with Gasteiger partial charge in [-0.2, -0.15) is 5.21 Å². The Balaban J connectivity index is 1.10. The summed E-state index contributed by atoms with van der Waals surface area (Å²) in [6.07, 6.45) is 5.70. The number of benzene rings is 3. The number of nitrogens with one attached hydrogen (secondary N) is 1. The van der Waals surface area contributed by atoms with E-state index in [0.29, 0.717) is 48.3 Å². The average molecular weight is 619 g/mol. The first kappa shape index (κ1) is 29.9. The minimum atomic E-state index is -0.916. The first-order valence-electron chi connectivity index (χ1n) is 16.1. The van der Waals surface area contributed by atoms with Crippen LogP contribution in [0.1, 0.15) is 61.5 Å². The fourth-order valence-electron chi connectivity index (χ4n) is 6.47. The maximum absolute atomic E-state index is 14.0. The Labute approximate surface area is 266 Å². The van der Waals surface area contributed by atoms with Gasteiger partial charge in [-0.1, -0.05) is 24.3 Å². The summed E-state index contributed by atoms with van der Waals surface area (Å²) in [5, 5.41) is 14.1. The highest BCUT2D eigenvalue weighted by Crippen LogP contribution is 2.41. The van der Waals surface area contributed by atoms with E-state index < -0.39 is 11.9 Å². The fraction of sp³-hybridized carbons (Fsp3) is 0.371. The number of carbonyl (C=O) groups excluding carboxylic acids is 2. The third kappa shape index (κ3) is 6.08. The van der Waals surface area contributed by atoms with Crippen LogP contribution in [0.2, 0.25) is 0 Å². The molecule has 0 aliphatic heterocycles. The van der Waals surface area contributed by atoms with Gasteiger partial charge in [-0.3, -0.25) is 9.59 Å². The molecule has 7 rings (SSSR count). The zero-order valence-corrected chi connectivity index (χ0v) is 25.9. The van der Waals surface area contributed by atoms with Crippen LogP contribution in [0.25, 0.3) is 33.6 Å². The molecule has 0 saturated heterocycles. The molecule has 0 bridgehead atoms. The molecule has 3 aromatic carbocycles. The molecule has 5 aromatic rings. The Kier molecular flexibility index (Phi) is 8.18. The number of hydrogen-bond acceptors (Lipinski definition) is 9. The number of aryl methyl sites for hydroxylation is 1. The maximum atomic E-state index is 14.0. The number of imide groups is 1. The molecule has 2 saturated carbocycles. The van der Waals surface area contributed by atoms with Crippen LogP contribution in [0.4, 0.5) is 5.69 Å². The quantitative estimate of drug-likeness (QED) is 0.204. The van der Waals surface area contributed by atoms with Crippen molar-refractivity contribution in [3.05, 3.63) is 77.7 Å². The topological polar surface area (TPSA) is 170 Å². The predicted molar refractivity (Wildman–Crippen MR) is 174 cm³/mol. The number of oxazole rings is 1. The normalized spacial score (nSPS) is 18.8. The lowest BCUT2D eigenvalue weighted by molar-refractivity contribution is -0.130. The van der Waals surface area contributed by atoms with E-state index in [-0.39, 0.29) is 18.2 Å². The molecular weight excluding hydrogens is 580 g/mol. The number of hydrogen-bond donors (Lipinski definition) is 3. The first-order chi connectivity index (χ1) is 22.4. The highest BCUT2D eigenvalue weighted by Gasteiger charge is 2.35.